The molecule has 0 saturated heterocycles. The van der Waals surface area contributed by atoms with Crippen LogP contribution >= 0.6 is 0 Å². The van der Waals surface area contributed by atoms with E-state index in [0.717, 1.165) is 37.5 Å². The van der Waals surface area contributed by atoms with Crippen LogP contribution in [0, 0.1) is 28.6 Å². The number of hydrogen-bond donors (Lipinski definition) is 2. The van der Waals surface area contributed by atoms with Crippen molar-refractivity contribution in [3.8, 4) is 0 Å². The second kappa shape index (κ2) is 11.8. The smallest absolute Gasteiger partial charge is 0.478 e. The molecule has 6 atom stereocenters. The molecular formula is C31H39NO7. The summed E-state index contributed by atoms with van der Waals surface area (Å²) in [5.74, 6) is -0.333. The van der Waals surface area contributed by atoms with Gasteiger partial charge in [-0.1, -0.05) is 37.6 Å². The summed E-state index contributed by atoms with van der Waals surface area (Å²) in [4.78, 5) is 35.3. The molecular weight excluding hydrogens is 498 g/mol. The lowest BCUT2D eigenvalue weighted by Crippen LogP contribution is -2.50. The first kappa shape index (κ1) is 28.6. The quantitative estimate of drug-likeness (QED) is 0.255. The van der Waals surface area contributed by atoms with Crippen LogP contribution in [0.3, 0.4) is 0 Å². The van der Waals surface area contributed by atoms with Crippen molar-refractivity contribution in [3.05, 3.63) is 60.0 Å². The van der Waals surface area contributed by atoms with Crippen LogP contribution in [0.5, 0.6) is 0 Å². The fourth-order valence-corrected chi connectivity index (χ4v) is 7.70. The Bertz CT molecular complexity index is 1160. The summed E-state index contributed by atoms with van der Waals surface area (Å²) >= 11 is 0. The van der Waals surface area contributed by atoms with Gasteiger partial charge in [-0.25, -0.2) is 14.4 Å². The summed E-state index contributed by atoms with van der Waals surface area (Å²) in [7, 11) is 0. The summed E-state index contributed by atoms with van der Waals surface area (Å²) in [5, 5.41) is 15.6. The number of carboxylic acid groups (broad SMARTS) is 2. The number of ether oxygens (including phenoxy) is 2. The topological polar surface area (TPSA) is 123 Å². The van der Waals surface area contributed by atoms with E-state index in [1.165, 1.54) is 36.0 Å². The molecule has 0 aromatic carbocycles. The normalized spacial score (nSPS) is 32.8. The summed E-state index contributed by atoms with van der Waals surface area (Å²) in [6, 6.07) is 4.29. The van der Waals surface area contributed by atoms with E-state index in [-0.39, 0.29) is 16.9 Å². The van der Waals surface area contributed by atoms with Crippen LogP contribution in [0.4, 0.5) is 4.79 Å². The van der Waals surface area contributed by atoms with Crippen LogP contribution in [0.2, 0.25) is 0 Å². The van der Waals surface area contributed by atoms with Gasteiger partial charge in [-0.15, -0.1) is 0 Å². The molecule has 0 spiro atoms. The summed E-state index contributed by atoms with van der Waals surface area (Å²) in [6.45, 7) is 7.18. The third-order valence-corrected chi connectivity index (χ3v) is 9.51. The van der Waals surface area contributed by atoms with Gasteiger partial charge in [0.1, 0.15) is 6.10 Å². The van der Waals surface area contributed by atoms with Gasteiger partial charge in [0.15, 0.2) is 0 Å². The third-order valence-electron chi connectivity index (χ3n) is 9.51. The predicted octanol–water partition coefficient (Wildman–Crippen LogP) is 6.29. The summed E-state index contributed by atoms with van der Waals surface area (Å²) in [6.07, 6.45) is 17.3. The third kappa shape index (κ3) is 5.94. The zero-order chi connectivity index (χ0) is 28.2. The lowest BCUT2D eigenvalue weighted by Gasteiger charge is -2.57. The van der Waals surface area contributed by atoms with E-state index in [0.29, 0.717) is 24.7 Å². The van der Waals surface area contributed by atoms with Crippen molar-refractivity contribution in [3.63, 3.8) is 0 Å². The molecule has 8 heteroatoms. The fraction of sp³-hybridized carbons (Fsp3) is 0.548. The molecule has 4 unspecified atom stereocenters. The molecule has 0 amide bonds. The predicted molar refractivity (Wildman–Crippen MR) is 146 cm³/mol. The Morgan fingerprint density at radius 3 is 2.38 bits per heavy atom. The molecule has 2 N–H and O–H groups in total. The van der Waals surface area contributed by atoms with Crippen molar-refractivity contribution in [1.82, 2.24) is 4.98 Å². The van der Waals surface area contributed by atoms with E-state index < -0.39 is 18.1 Å². The van der Waals surface area contributed by atoms with Crippen molar-refractivity contribution in [2.45, 2.75) is 71.8 Å². The first-order valence-electron chi connectivity index (χ1n) is 13.9. The molecule has 39 heavy (non-hydrogen) atoms. The summed E-state index contributed by atoms with van der Waals surface area (Å²) in [5.41, 5.74) is 4.86. The molecule has 4 aliphatic carbocycles. The molecule has 1 heterocycles. The molecule has 0 bridgehead atoms. The van der Waals surface area contributed by atoms with Crippen LogP contribution < -0.4 is 0 Å². The maximum Gasteiger partial charge on any atom is 0.508 e. The average Bonchev–Trinajstić information content (AvgIpc) is 3.26. The van der Waals surface area contributed by atoms with E-state index in [1.807, 2.05) is 19.3 Å². The van der Waals surface area contributed by atoms with Gasteiger partial charge in [0, 0.05) is 31.0 Å². The number of aliphatic carboxylic acids is 2. The van der Waals surface area contributed by atoms with Crippen molar-refractivity contribution >= 4 is 23.7 Å². The number of carboxylic acids is 2. The van der Waals surface area contributed by atoms with Crippen LogP contribution in [0.1, 0.15) is 71.3 Å². The fourth-order valence-electron chi connectivity index (χ4n) is 7.70. The number of nitrogens with zero attached hydrogens (tertiary/aromatic N) is 1. The molecule has 8 nitrogen and oxygen atoms in total. The molecule has 2 fully saturated rings. The van der Waals surface area contributed by atoms with Gasteiger partial charge in [-0.2, -0.15) is 0 Å². The largest absolute Gasteiger partial charge is 0.508 e. The van der Waals surface area contributed by atoms with E-state index in [9.17, 15) is 14.4 Å². The zero-order valence-electron chi connectivity index (χ0n) is 23.0. The van der Waals surface area contributed by atoms with Crippen molar-refractivity contribution in [2.75, 3.05) is 6.61 Å². The number of allylic oxidation sites excluding steroid dienone is 3. The van der Waals surface area contributed by atoms with Crippen molar-refractivity contribution < 1.29 is 34.1 Å². The number of carbonyl (C=O) groups excluding carboxylic acids is 1. The van der Waals surface area contributed by atoms with E-state index >= 15 is 0 Å². The molecule has 1 aromatic heterocycles. The minimum atomic E-state index is -1.26. The molecule has 0 radical (unpaired) electrons. The highest BCUT2D eigenvalue weighted by Crippen LogP contribution is 2.66. The van der Waals surface area contributed by atoms with Gasteiger partial charge in [-0.05, 0) is 91.2 Å². The Balaban J connectivity index is 0.000000386. The highest BCUT2D eigenvalue weighted by molar-refractivity contribution is 5.89. The number of aromatic nitrogens is 1. The molecule has 2 saturated carbocycles. The molecule has 4 aliphatic rings. The Hall–Kier alpha value is -3.42. The van der Waals surface area contributed by atoms with Crippen LogP contribution in [-0.4, -0.2) is 46.0 Å². The Labute approximate surface area is 229 Å². The number of pyridine rings is 1. The highest BCUT2D eigenvalue weighted by atomic mass is 16.7. The maximum atomic E-state index is 11.8. The Kier molecular flexibility index (Phi) is 8.62. The first-order valence-corrected chi connectivity index (χ1v) is 13.9. The van der Waals surface area contributed by atoms with Gasteiger partial charge < -0.3 is 19.7 Å². The average molecular weight is 538 g/mol. The van der Waals surface area contributed by atoms with Gasteiger partial charge in [0.05, 0.1) is 6.61 Å². The first-order chi connectivity index (χ1) is 18.6. The molecule has 0 aliphatic heterocycles. The van der Waals surface area contributed by atoms with Gasteiger partial charge in [0.2, 0.25) is 0 Å². The Morgan fingerprint density at radius 2 is 1.74 bits per heavy atom. The number of fused-ring (bicyclic) bond motifs is 5. The molecule has 5 rings (SSSR count). The lowest BCUT2D eigenvalue weighted by molar-refractivity contribution is -0.134. The zero-order valence-corrected chi connectivity index (χ0v) is 23.0. The van der Waals surface area contributed by atoms with Gasteiger partial charge >= 0.3 is 18.1 Å². The molecule has 1 aromatic rings. The standard InChI is InChI=1S/C27H35NO3.C4H4O4/c1-4-30-25(29)31-20-11-13-26(2)19(16-20)7-8-21-23-10-9-22(18-6-5-15-28-17-18)27(23,3)14-12-24(21)26;5-3(6)1-2-4(7)8/h5-7,9,15,17,20-21,23-24H,4,8,10-14,16H2,1-3H3;1-2H,(H,5,6)(H,7,8)/b;2-1+/t20?,21?,23?,24?,26-,27+;/m0./s1. The van der Waals surface area contributed by atoms with E-state index in [4.69, 9.17) is 19.7 Å². The maximum absolute atomic E-state index is 11.8. The highest BCUT2D eigenvalue weighted by Gasteiger charge is 2.57. The minimum Gasteiger partial charge on any atom is -0.478 e. The van der Waals surface area contributed by atoms with Crippen molar-refractivity contribution in [1.29, 1.82) is 0 Å². The second-order valence-corrected chi connectivity index (χ2v) is 11.5. The number of rotatable bonds is 5. The minimum absolute atomic E-state index is 0.0332. The van der Waals surface area contributed by atoms with Crippen molar-refractivity contribution in [2.24, 2.45) is 28.6 Å². The molecule has 210 valence electrons. The second-order valence-electron chi connectivity index (χ2n) is 11.5. The monoisotopic (exact) mass is 537 g/mol. The number of carbonyl (C=O) groups is 3. The Morgan fingerprint density at radius 1 is 1.03 bits per heavy atom. The van der Waals surface area contributed by atoms with E-state index in [1.54, 1.807) is 0 Å². The van der Waals surface area contributed by atoms with Crippen LogP contribution in [0.25, 0.3) is 5.57 Å². The van der Waals surface area contributed by atoms with E-state index in [2.05, 4.69) is 43.1 Å². The van der Waals surface area contributed by atoms with Crippen LogP contribution in [-0.2, 0) is 19.1 Å². The summed E-state index contributed by atoms with van der Waals surface area (Å²) < 4.78 is 10.6. The van der Waals surface area contributed by atoms with Gasteiger partial charge in [0.25, 0.3) is 0 Å². The lowest BCUT2D eigenvalue weighted by atomic mass is 9.47. The number of hydrogen-bond acceptors (Lipinski definition) is 6. The SMILES string of the molecule is CCOC(=O)OC1CC[C@@]2(C)C(=CCC3C2CC[C@]2(C)C(c4cccnc4)=CCC32)C1.O=C(O)/C=C/C(=O)O. The van der Waals surface area contributed by atoms with Gasteiger partial charge in [-0.3, -0.25) is 4.98 Å². The van der Waals surface area contributed by atoms with Crippen LogP contribution in [0.15, 0.2) is 54.4 Å².